The van der Waals surface area contributed by atoms with Gasteiger partial charge in [-0.3, -0.25) is 4.79 Å². The fraction of sp³-hybridized carbons (Fsp3) is 0.467. The van der Waals surface area contributed by atoms with Gasteiger partial charge in [-0.1, -0.05) is 37.5 Å². The monoisotopic (exact) mass is 261 g/mol. The van der Waals surface area contributed by atoms with Crippen LogP contribution in [0.25, 0.3) is 0 Å². The zero-order valence-electron chi connectivity index (χ0n) is 11.1. The second kappa shape index (κ2) is 5.87. The Bertz CT molecular complexity index is 450. The van der Waals surface area contributed by atoms with Crippen LogP contribution in [0.2, 0.25) is 0 Å². The molecule has 1 aromatic rings. The highest BCUT2D eigenvalue weighted by Crippen LogP contribution is 2.29. The molecule has 1 N–H and O–H groups in total. The van der Waals surface area contributed by atoms with Crippen LogP contribution in [0.15, 0.2) is 30.3 Å². The van der Waals surface area contributed by atoms with Crippen LogP contribution in [0.5, 0.6) is 0 Å². The molecule has 0 saturated heterocycles. The second-order valence-corrected chi connectivity index (χ2v) is 4.95. The third kappa shape index (κ3) is 2.95. The number of carbonyl (C=O) groups is 2. The third-order valence-corrected chi connectivity index (χ3v) is 3.67. The predicted octanol–water partition coefficient (Wildman–Crippen LogP) is 2.29. The molecule has 19 heavy (non-hydrogen) atoms. The largest absolute Gasteiger partial charge is 0.467 e. The molecular formula is C15H19NO3. The van der Waals surface area contributed by atoms with Crippen LogP contribution in [0.1, 0.15) is 42.5 Å². The van der Waals surface area contributed by atoms with Crippen LogP contribution >= 0.6 is 0 Å². The highest BCUT2D eigenvalue weighted by atomic mass is 16.5. The molecule has 1 amide bonds. The van der Waals surface area contributed by atoms with Gasteiger partial charge in [-0.25, -0.2) is 4.79 Å². The number of hydrogen-bond acceptors (Lipinski definition) is 3. The van der Waals surface area contributed by atoms with Crippen molar-refractivity contribution in [2.24, 2.45) is 0 Å². The van der Waals surface area contributed by atoms with E-state index in [1.807, 2.05) is 6.07 Å². The van der Waals surface area contributed by atoms with E-state index in [0.29, 0.717) is 18.4 Å². The molecule has 0 unspecified atom stereocenters. The van der Waals surface area contributed by atoms with Crippen molar-refractivity contribution in [2.45, 2.75) is 37.6 Å². The molecule has 0 atom stereocenters. The Hall–Kier alpha value is -1.84. The Kier molecular flexibility index (Phi) is 4.20. The quantitative estimate of drug-likeness (QED) is 0.849. The normalized spacial score (nSPS) is 17.5. The Morgan fingerprint density at radius 3 is 2.32 bits per heavy atom. The highest BCUT2D eigenvalue weighted by Gasteiger charge is 2.42. The number of hydrogen-bond donors (Lipinski definition) is 1. The SMILES string of the molecule is COC(=O)C1(NC(=O)c2ccccc2)CCCCC1. The summed E-state index contributed by atoms with van der Waals surface area (Å²) in [6.45, 7) is 0. The fourth-order valence-corrected chi connectivity index (χ4v) is 2.61. The molecular weight excluding hydrogens is 242 g/mol. The first-order valence-corrected chi connectivity index (χ1v) is 6.64. The van der Waals surface area contributed by atoms with Crippen molar-refractivity contribution in [2.75, 3.05) is 7.11 Å². The molecule has 1 aromatic carbocycles. The maximum Gasteiger partial charge on any atom is 0.331 e. The van der Waals surface area contributed by atoms with Gasteiger partial charge >= 0.3 is 5.97 Å². The summed E-state index contributed by atoms with van der Waals surface area (Å²) in [7, 11) is 1.37. The zero-order chi connectivity index (χ0) is 13.7. The minimum atomic E-state index is -0.847. The van der Waals surface area contributed by atoms with Gasteiger partial charge < -0.3 is 10.1 Å². The van der Waals surface area contributed by atoms with Crippen molar-refractivity contribution >= 4 is 11.9 Å². The Balaban J connectivity index is 2.17. The molecule has 1 saturated carbocycles. The van der Waals surface area contributed by atoms with Gasteiger partial charge in [0.1, 0.15) is 5.54 Å². The molecule has 4 heteroatoms. The fourth-order valence-electron chi connectivity index (χ4n) is 2.61. The summed E-state index contributed by atoms with van der Waals surface area (Å²) in [4.78, 5) is 24.2. The van der Waals surface area contributed by atoms with Gasteiger partial charge in [-0.05, 0) is 25.0 Å². The Labute approximate surface area is 113 Å². The zero-order valence-corrected chi connectivity index (χ0v) is 11.1. The smallest absolute Gasteiger partial charge is 0.331 e. The number of esters is 1. The number of rotatable bonds is 3. The molecule has 2 rings (SSSR count). The van der Waals surface area contributed by atoms with Crippen molar-refractivity contribution in [1.82, 2.24) is 5.32 Å². The van der Waals surface area contributed by atoms with Crippen molar-refractivity contribution in [3.63, 3.8) is 0 Å². The van der Waals surface area contributed by atoms with Crippen LogP contribution in [0.3, 0.4) is 0 Å². The average Bonchev–Trinajstić information content (AvgIpc) is 2.48. The number of ether oxygens (including phenoxy) is 1. The van der Waals surface area contributed by atoms with Crippen LogP contribution < -0.4 is 5.32 Å². The Morgan fingerprint density at radius 2 is 1.74 bits per heavy atom. The van der Waals surface area contributed by atoms with Crippen molar-refractivity contribution in [3.05, 3.63) is 35.9 Å². The topological polar surface area (TPSA) is 55.4 Å². The minimum absolute atomic E-state index is 0.215. The van der Waals surface area contributed by atoms with Gasteiger partial charge in [-0.15, -0.1) is 0 Å². The molecule has 1 fully saturated rings. The number of carbonyl (C=O) groups excluding carboxylic acids is 2. The lowest BCUT2D eigenvalue weighted by Crippen LogP contribution is -2.56. The van der Waals surface area contributed by atoms with Crippen LogP contribution in [-0.4, -0.2) is 24.5 Å². The van der Waals surface area contributed by atoms with Crippen molar-refractivity contribution < 1.29 is 14.3 Å². The number of benzene rings is 1. The molecule has 0 radical (unpaired) electrons. The number of amides is 1. The second-order valence-electron chi connectivity index (χ2n) is 4.95. The molecule has 1 aliphatic carbocycles. The van der Waals surface area contributed by atoms with E-state index in [9.17, 15) is 9.59 Å². The summed E-state index contributed by atoms with van der Waals surface area (Å²) in [5.74, 6) is -0.551. The highest BCUT2D eigenvalue weighted by molar-refractivity contribution is 5.98. The molecule has 102 valence electrons. The molecule has 4 nitrogen and oxygen atoms in total. The van der Waals surface area contributed by atoms with Crippen LogP contribution in [0.4, 0.5) is 0 Å². The van der Waals surface area contributed by atoms with Crippen LogP contribution in [0, 0.1) is 0 Å². The van der Waals surface area contributed by atoms with E-state index in [1.54, 1.807) is 24.3 Å². The van der Waals surface area contributed by atoms with E-state index in [2.05, 4.69) is 5.32 Å². The van der Waals surface area contributed by atoms with Gasteiger partial charge in [0.2, 0.25) is 0 Å². The first-order valence-electron chi connectivity index (χ1n) is 6.64. The predicted molar refractivity (Wildman–Crippen MR) is 71.7 cm³/mol. The van der Waals surface area contributed by atoms with E-state index >= 15 is 0 Å². The maximum atomic E-state index is 12.2. The summed E-state index contributed by atoms with van der Waals surface area (Å²) < 4.78 is 4.88. The summed E-state index contributed by atoms with van der Waals surface area (Å²) in [5, 5.41) is 2.89. The Morgan fingerprint density at radius 1 is 1.11 bits per heavy atom. The first-order chi connectivity index (χ1) is 9.18. The van der Waals surface area contributed by atoms with Crippen LogP contribution in [-0.2, 0) is 9.53 Å². The van der Waals surface area contributed by atoms with Crippen molar-refractivity contribution in [3.8, 4) is 0 Å². The maximum absolute atomic E-state index is 12.2. The number of nitrogens with one attached hydrogen (secondary N) is 1. The van der Waals surface area contributed by atoms with E-state index in [1.165, 1.54) is 7.11 Å². The molecule has 1 aliphatic rings. The summed E-state index contributed by atoms with van der Waals surface area (Å²) in [6.07, 6.45) is 4.27. The van der Waals surface area contributed by atoms with E-state index in [-0.39, 0.29) is 11.9 Å². The van der Waals surface area contributed by atoms with Gasteiger partial charge in [0, 0.05) is 5.56 Å². The molecule has 0 aliphatic heterocycles. The van der Waals surface area contributed by atoms with Gasteiger partial charge in [-0.2, -0.15) is 0 Å². The molecule has 0 heterocycles. The summed E-state index contributed by atoms with van der Waals surface area (Å²) >= 11 is 0. The molecule has 0 aromatic heterocycles. The summed E-state index contributed by atoms with van der Waals surface area (Å²) in [5.41, 5.74) is -0.281. The van der Waals surface area contributed by atoms with Gasteiger partial charge in [0.05, 0.1) is 7.11 Å². The molecule has 0 bridgehead atoms. The molecule has 0 spiro atoms. The first kappa shape index (κ1) is 13.6. The lowest BCUT2D eigenvalue weighted by molar-refractivity contribution is -0.149. The van der Waals surface area contributed by atoms with E-state index in [4.69, 9.17) is 4.74 Å². The van der Waals surface area contributed by atoms with Crippen molar-refractivity contribution in [1.29, 1.82) is 0 Å². The summed E-state index contributed by atoms with van der Waals surface area (Å²) in [6, 6.07) is 8.95. The standard InChI is InChI=1S/C15H19NO3/c1-19-14(18)15(10-6-3-7-11-15)16-13(17)12-8-4-2-5-9-12/h2,4-5,8-9H,3,6-7,10-11H2,1H3,(H,16,17). The third-order valence-electron chi connectivity index (χ3n) is 3.67. The van der Waals surface area contributed by atoms with Gasteiger partial charge in [0.25, 0.3) is 5.91 Å². The van der Waals surface area contributed by atoms with E-state index < -0.39 is 5.54 Å². The number of methoxy groups -OCH3 is 1. The van der Waals surface area contributed by atoms with E-state index in [0.717, 1.165) is 19.3 Å². The van der Waals surface area contributed by atoms with Gasteiger partial charge in [0.15, 0.2) is 0 Å². The average molecular weight is 261 g/mol. The lowest BCUT2D eigenvalue weighted by Gasteiger charge is -2.35. The minimum Gasteiger partial charge on any atom is -0.467 e. The lowest BCUT2D eigenvalue weighted by atomic mass is 9.81.